The van der Waals surface area contributed by atoms with E-state index < -0.39 is 27.9 Å². The zero-order valence-corrected chi connectivity index (χ0v) is 19.9. The van der Waals surface area contributed by atoms with Crippen molar-refractivity contribution in [2.24, 2.45) is 0 Å². The lowest BCUT2D eigenvalue weighted by atomic mass is 10.1. The number of rotatable bonds is 6. The third kappa shape index (κ3) is 3.91. The van der Waals surface area contributed by atoms with Gasteiger partial charge in [-0.1, -0.05) is 54.1 Å². The number of nitrogens with zero attached hydrogens (tertiary/aromatic N) is 3. The molecule has 5 rings (SSSR count). The van der Waals surface area contributed by atoms with Gasteiger partial charge < -0.3 is 10.6 Å². The van der Waals surface area contributed by atoms with Crippen LogP contribution < -0.4 is 14.9 Å². The number of anilines is 2. The molecule has 0 spiro atoms. The van der Waals surface area contributed by atoms with E-state index >= 15 is 0 Å². The summed E-state index contributed by atoms with van der Waals surface area (Å²) < 4.78 is 30.2. The van der Waals surface area contributed by atoms with Crippen molar-refractivity contribution in [3.63, 3.8) is 0 Å². The summed E-state index contributed by atoms with van der Waals surface area (Å²) in [7, 11) is -4.39. The highest BCUT2D eigenvalue weighted by atomic mass is 35.5. The van der Waals surface area contributed by atoms with Crippen LogP contribution in [0.5, 0.6) is 0 Å². The number of hydrogen-bond acceptors (Lipinski definition) is 6. The third-order valence-corrected chi connectivity index (χ3v) is 8.36. The third-order valence-electron chi connectivity index (χ3n) is 5.38. The average Bonchev–Trinajstić information content (AvgIpc) is 3.38. The number of hydrogen-bond donors (Lipinski definition) is 2. The summed E-state index contributed by atoms with van der Waals surface area (Å²) in [5.41, 5.74) is 1.44. The zero-order valence-electron chi connectivity index (χ0n) is 17.5. The number of carbonyl (C=O) groups is 2. The Morgan fingerprint density at radius 3 is 2.68 bits per heavy atom. The van der Waals surface area contributed by atoms with Gasteiger partial charge in [-0.2, -0.15) is 8.42 Å². The summed E-state index contributed by atoms with van der Waals surface area (Å²) in [5.74, 6) is -1.08. The summed E-state index contributed by atoms with van der Waals surface area (Å²) in [6.45, 7) is 0.251. The molecule has 0 saturated heterocycles. The van der Waals surface area contributed by atoms with E-state index in [4.69, 9.17) is 11.6 Å². The Hall–Kier alpha value is -3.41. The molecule has 1 aliphatic heterocycles. The minimum atomic E-state index is -4.39. The molecule has 1 aliphatic rings. The highest BCUT2D eigenvalue weighted by molar-refractivity contribution is 7.93. The number of sulfonamides is 1. The highest BCUT2D eigenvalue weighted by Crippen LogP contribution is 2.39. The quantitative estimate of drug-likeness (QED) is 0.409. The van der Waals surface area contributed by atoms with Crippen LogP contribution in [0, 0.1) is 0 Å². The van der Waals surface area contributed by atoms with Gasteiger partial charge in [0.25, 0.3) is 10.0 Å². The highest BCUT2D eigenvalue weighted by Gasteiger charge is 2.44. The number of halogens is 1. The lowest BCUT2D eigenvalue weighted by molar-refractivity contribution is -0.125. The number of imidazole rings is 1. The minimum absolute atomic E-state index is 0.206. The fourth-order valence-corrected chi connectivity index (χ4v) is 6.89. The predicted molar refractivity (Wildman–Crippen MR) is 130 cm³/mol. The normalized spacial score (nSPS) is 15.7. The average molecular weight is 516 g/mol. The number of para-hydroxylation sites is 2. The molecule has 0 saturated carbocycles. The second-order valence-electron chi connectivity index (χ2n) is 7.55. The Bertz CT molecular complexity index is 1500. The summed E-state index contributed by atoms with van der Waals surface area (Å²) in [5, 5.41) is 6.67. The molecule has 2 amide bonds. The first-order chi connectivity index (χ1) is 16.4. The lowest BCUT2D eigenvalue weighted by Crippen LogP contribution is -2.53. The molecular weight excluding hydrogens is 498 g/mol. The largest absolute Gasteiger partial charge is 0.352 e. The molecule has 0 bridgehead atoms. The molecule has 174 valence electrons. The van der Waals surface area contributed by atoms with E-state index in [9.17, 15) is 18.0 Å². The SMILES string of the molecule is O=C(CC1C(=O)Nc2ccccc2N1S(=O)(=O)c1c(Cl)nc2sccn12)NCc1ccccc1. The Labute approximate surface area is 204 Å². The number of fused-ring (bicyclic) bond motifs is 2. The van der Waals surface area contributed by atoms with E-state index in [1.807, 2.05) is 30.3 Å². The van der Waals surface area contributed by atoms with Crippen LogP contribution in [0.15, 0.2) is 71.2 Å². The van der Waals surface area contributed by atoms with Gasteiger partial charge in [0.15, 0.2) is 15.1 Å². The summed E-state index contributed by atoms with van der Waals surface area (Å²) in [6, 6.07) is 14.5. The van der Waals surface area contributed by atoms with Gasteiger partial charge in [0, 0.05) is 18.1 Å². The van der Waals surface area contributed by atoms with Gasteiger partial charge in [-0.3, -0.25) is 14.0 Å². The van der Waals surface area contributed by atoms with Gasteiger partial charge >= 0.3 is 0 Å². The lowest BCUT2D eigenvalue weighted by Gasteiger charge is -2.36. The molecule has 0 radical (unpaired) electrons. The van der Waals surface area contributed by atoms with Crippen LogP contribution in [0.3, 0.4) is 0 Å². The molecule has 0 aliphatic carbocycles. The van der Waals surface area contributed by atoms with Crippen LogP contribution in [-0.2, 0) is 26.2 Å². The van der Waals surface area contributed by atoms with E-state index in [2.05, 4.69) is 15.6 Å². The molecule has 4 aromatic rings. The topological polar surface area (TPSA) is 113 Å². The molecule has 2 N–H and O–H groups in total. The van der Waals surface area contributed by atoms with Crippen molar-refractivity contribution in [1.29, 1.82) is 0 Å². The molecule has 9 nitrogen and oxygen atoms in total. The zero-order chi connectivity index (χ0) is 23.9. The van der Waals surface area contributed by atoms with E-state index in [1.54, 1.807) is 35.8 Å². The summed E-state index contributed by atoms with van der Waals surface area (Å²) >= 11 is 7.46. The fourth-order valence-electron chi connectivity index (χ4n) is 3.84. The van der Waals surface area contributed by atoms with Gasteiger partial charge in [0.1, 0.15) is 6.04 Å². The molecule has 0 fully saturated rings. The Morgan fingerprint density at radius 1 is 1.15 bits per heavy atom. The molecule has 3 heterocycles. The van der Waals surface area contributed by atoms with Crippen molar-refractivity contribution < 1.29 is 18.0 Å². The molecule has 2 aromatic heterocycles. The van der Waals surface area contributed by atoms with Crippen LogP contribution in [0.4, 0.5) is 11.4 Å². The maximum Gasteiger partial charge on any atom is 0.284 e. The van der Waals surface area contributed by atoms with Crippen molar-refractivity contribution in [3.05, 3.63) is 76.9 Å². The number of nitrogens with one attached hydrogen (secondary N) is 2. The fraction of sp³-hybridized carbons (Fsp3) is 0.136. The Morgan fingerprint density at radius 2 is 1.88 bits per heavy atom. The van der Waals surface area contributed by atoms with Crippen LogP contribution in [0.25, 0.3) is 4.96 Å². The first-order valence-electron chi connectivity index (χ1n) is 10.2. The number of thiazole rings is 1. The molecular formula is C22H18ClN5O4S2. The molecule has 2 aromatic carbocycles. The van der Waals surface area contributed by atoms with Crippen LogP contribution in [0.2, 0.25) is 5.15 Å². The second kappa shape index (κ2) is 8.75. The van der Waals surface area contributed by atoms with E-state index in [0.29, 0.717) is 10.6 Å². The maximum atomic E-state index is 13.9. The van der Waals surface area contributed by atoms with Gasteiger partial charge in [-0.15, -0.1) is 11.3 Å². The van der Waals surface area contributed by atoms with Crippen molar-refractivity contribution in [3.8, 4) is 0 Å². The van der Waals surface area contributed by atoms with Crippen LogP contribution in [0.1, 0.15) is 12.0 Å². The molecule has 1 atom stereocenters. The van der Waals surface area contributed by atoms with Crippen molar-refractivity contribution >= 4 is 61.1 Å². The molecule has 1 unspecified atom stereocenters. The Balaban J connectivity index is 1.52. The number of amides is 2. The van der Waals surface area contributed by atoms with Crippen LogP contribution >= 0.6 is 22.9 Å². The number of carbonyl (C=O) groups excluding carboxylic acids is 2. The minimum Gasteiger partial charge on any atom is -0.352 e. The van der Waals surface area contributed by atoms with Crippen LogP contribution in [-0.4, -0.2) is 35.7 Å². The number of aromatic nitrogens is 2. The van der Waals surface area contributed by atoms with E-state index in [1.165, 1.54) is 15.7 Å². The Kier molecular flexibility index (Phi) is 5.76. The van der Waals surface area contributed by atoms with Crippen molar-refractivity contribution in [2.45, 2.75) is 24.0 Å². The van der Waals surface area contributed by atoms with Gasteiger partial charge in [-0.25, -0.2) is 9.29 Å². The van der Waals surface area contributed by atoms with E-state index in [0.717, 1.165) is 9.87 Å². The number of benzene rings is 2. The van der Waals surface area contributed by atoms with Gasteiger partial charge in [0.2, 0.25) is 11.8 Å². The van der Waals surface area contributed by atoms with Gasteiger partial charge in [-0.05, 0) is 17.7 Å². The molecule has 12 heteroatoms. The van der Waals surface area contributed by atoms with Crippen molar-refractivity contribution in [2.75, 3.05) is 9.62 Å². The first kappa shape index (κ1) is 22.4. The first-order valence-corrected chi connectivity index (χ1v) is 12.9. The van der Waals surface area contributed by atoms with E-state index in [-0.39, 0.29) is 28.8 Å². The summed E-state index contributed by atoms with van der Waals surface area (Å²) in [4.78, 5) is 30.3. The van der Waals surface area contributed by atoms with Crippen molar-refractivity contribution in [1.82, 2.24) is 14.7 Å². The predicted octanol–water partition coefficient (Wildman–Crippen LogP) is 3.27. The second-order valence-corrected chi connectivity index (χ2v) is 10.5. The maximum absolute atomic E-state index is 13.9. The standard InChI is InChI=1S/C22H18ClN5O4S2/c23-19-21(27-10-11-33-22(27)26-19)34(31,32)28-16-9-5-4-8-15(16)25-20(30)17(28)12-18(29)24-13-14-6-2-1-3-7-14/h1-11,17H,12-13H2,(H,24,29)(H,25,30). The molecule has 34 heavy (non-hydrogen) atoms. The van der Waals surface area contributed by atoms with Gasteiger partial charge in [0.05, 0.1) is 17.8 Å². The summed E-state index contributed by atoms with van der Waals surface area (Å²) in [6.07, 6.45) is 1.17. The monoisotopic (exact) mass is 515 g/mol. The smallest absolute Gasteiger partial charge is 0.284 e.